The lowest BCUT2D eigenvalue weighted by molar-refractivity contribution is 0.279. The molecule has 0 aromatic carbocycles. The van der Waals surface area contributed by atoms with E-state index in [1.54, 1.807) is 6.20 Å². The van der Waals surface area contributed by atoms with E-state index in [0.29, 0.717) is 0 Å². The van der Waals surface area contributed by atoms with Crippen molar-refractivity contribution in [3.8, 4) is 0 Å². The molecule has 1 unspecified atom stereocenters. The molecule has 0 amide bonds. The first-order valence-electron chi connectivity index (χ1n) is 3.92. The van der Waals surface area contributed by atoms with Crippen LogP contribution in [0.4, 0.5) is 0 Å². The van der Waals surface area contributed by atoms with E-state index in [0.717, 1.165) is 0 Å². The molecular weight excluding hydrogens is 170 g/mol. The van der Waals surface area contributed by atoms with Crippen LogP contribution in [0.5, 0.6) is 0 Å². The van der Waals surface area contributed by atoms with Crippen LogP contribution in [0.25, 0.3) is 0 Å². The van der Waals surface area contributed by atoms with Crippen LogP contribution in [0.1, 0.15) is 31.7 Å². The van der Waals surface area contributed by atoms with Gasteiger partial charge in [-0.3, -0.25) is 11.3 Å². The molecule has 0 saturated heterocycles. The Morgan fingerprint density at radius 1 is 1.58 bits per heavy atom. The van der Waals surface area contributed by atoms with Gasteiger partial charge in [-0.25, -0.2) is 4.37 Å². The fourth-order valence-electron chi connectivity index (χ4n) is 1.13. The molecule has 1 aromatic heterocycles. The van der Waals surface area contributed by atoms with E-state index in [1.807, 2.05) is 6.07 Å². The molecular formula is C8H15N3S. The van der Waals surface area contributed by atoms with Gasteiger partial charge in [-0.2, -0.15) is 0 Å². The first-order valence-corrected chi connectivity index (χ1v) is 4.70. The average molecular weight is 185 g/mol. The van der Waals surface area contributed by atoms with Crippen molar-refractivity contribution in [3.05, 3.63) is 17.1 Å². The summed E-state index contributed by atoms with van der Waals surface area (Å²) in [4.78, 5) is 1.19. The van der Waals surface area contributed by atoms with Gasteiger partial charge in [0.2, 0.25) is 0 Å². The molecule has 0 aliphatic carbocycles. The molecule has 1 rings (SSSR count). The summed E-state index contributed by atoms with van der Waals surface area (Å²) in [6.07, 6.45) is 1.80. The highest BCUT2D eigenvalue weighted by Gasteiger charge is 2.25. The van der Waals surface area contributed by atoms with Gasteiger partial charge in [0, 0.05) is 11.1 Å². The molecule has 0 radical (unpaired) electrons. The summed E-state index contributed by atoms with van der Waals surface area (Å²) < 4.78 is 4.05. The predicted octanol–water partition coefficient (Wildman–Crippen LogP) is 1.69. The fourth-order valence-corrected chi connectivity index (χ4v) is 2.03. The molecule has 1 atom stereocenters. The third-order valence-electron chi connectivity index (χ3n) is 1.77. The van der Waals surface area contributed by atoms with Gasteiger partial charge in [0.05, 0.1) is 6.04 Å². The Balaban J connectivity index is 2.84. The van der Waals surface area contributed by atoms with Crippen LogP contribution in [0, 0.1) is 5.41 Å². The zero-order valence-electron chi connectivity index (χ0n) is 7.66. The summed E-state index contributed by atoms with van der Waals surface area (Å²) in [6, 6.07) is 2.19. The quantitative estimate of drug-likeness (QED) is 0.544. The molecule has 68 valence electrons. The van der Waals surface area contributed by atoms with Gasteiger partial charge in [-0.15, -0.1) is 0 Å². The fraction of sp³-hybridized carbons (Fsp3) is 0.625. The SMILES string of the molecule is CC(C)(C)C(NN)c1ccns1. The smallest absolute Gasteiger partial charge is 0.0617 e. The lowest BCUT2D eigenvalue weighted by atomic mass is 9.86. The summed E-state index contributed by atoms with van der Waals surface area (Å²) in [5.74, 6) is 5.48. The van der Waals surface area contributed by atoms with Gasteiger partial charge in [0.25, 0.3) is 0 Å². The zero-order chi connectivity index (χ0) is 9.19. The molecule has 0 aliphatic heterocycles. The number of nitrogens with zero attached hydrogens (tertiary/aromatic N) is 1. The predicted molar refractivity (Wildman–Crippen MR) is 51.6 cm³/mol. The maximum Gasteiger partial charge on any atom is 0.0617 e. The second-order valence-electron chi connectivity index (χ2n) is 3.88. The van der Waals surface area contributed by atoms with Crippen LogP contribution in [0.15, 0.2) is 12.3 Å². The molecule has 0 saturated carbocycles. The Kier molecular flexibility index (Phi) is 2.82. The highest BCUT2D eigenvalue weighted by atomic mass is 32.1. The molecule has 3 nitrogen and oxygen atoms in total. The second-order valence-corrected chi connectivity index (χ2v) is 4.75. The van der Waals surface area contributed by atoms with Crippen LogP contribution in [0.2, 0.25) is 0 Å². The Bertz CT molecular complexity index is 225. The van der Waals surface area contributed by atoms with Gasteiger partial charge < -0.3 is 0 Å². The average Bonchev–Trinajstić information content (AvgIpc) is 2.38. The van der Waals surface area contributed by atoms with Crippen LogP contribution >= 0.6 is 11.5 Å². The van der Waals surface area contributed by atoms with Crippen LogP contribution in [-0.4, -0.2) is 4.37 Å². The number of rotatable bonds is 2. The first-order chi connectivity index (χ1) is 5.55. The molecule has 0 aliphatic rings. The number of hydrogen-bond donors (Lipinski definition) is 2. The van der Waals surface area contributed by atoms with Crippen molar-refractivity contribution in [3.63, 3.8) is 0 Å². The van der Waals surface area contributed by atoms with E-state index >= 15 is 0 Å². The van der Waals surface area contributed by atoms with Crippen molar-refractivity contribution >= 4 is 11.5 Å². The maximum absolute atomic E-state index is 5.48. The summed E-state index contributed by atoms with van der Waals surface area (Å²) >= 11 is 1.49. The van der Waals surface area contributed by atoms with E-state index in [-0.39, 0.29) is 11.5 Å². The molecule has 0 spiro atoms. The van der Waals surface area contributed by atoms with E-state index in [2.05, 4.69) is 30.6 Å². The van der Waals surface area contributed by atoms with Crippen LogP contribution < -0.4 is 11.3 Å². The third-order valence-corrected chi connectivity index (χ3v) is 2.58. The zero-order valence-corrected chi connectivity index (χ0v) is 8.48. The van der Waals surface area contributed by atoms with E-state index in [9.17, 15) is 0 Å². The van der Waals surface area contributed by atoms with Gasteiger partial charge in [0.1, 0.15) is 0 Å². The number of nitrogens with one attached hydrogen (secondary N) is 1. The summed E-state index contributed by atoms with van der Waals surface area (Å²) in [5, 5.41) is 0. The number of hydrogen-bond acceptors (Lipinski definition) is 4. The first kappa shape index (κ1) is 9.64. The molecule has 0 bridgehead atoms. The highest BCUT2D eigenvalue weighted by molar-refractivity contribution is 7.05. The van der Waals surface area contributed by atoms with Gasteiger partial charge in [0.15, 0.2) is 0 Å². The van der Waals surface area contributed by atoms with Crippen molar-refractivity contribution in [2.45, 2.75) is 26.8 Å². The molecule has 1 aromatic rings. The normalized spacial score (nSPS) is 14.7. The minimum Gasteiger partial charge on any atom is -0.271 e. The standard InChI is InChI=1S/C8H15N3S/c1-8(2,3)7(11-9)6-4-5-10-12-6/h4-5,7,11H,9H2,1-3H3. The van der Waals surface area contributed by atoms with Gasteiger partial charge in [-0.05, 0) is 23.0 Å². The summed E-state index contributed by atoms with van der Waals surface area (Å²) in [7, 11) is 0. The van der Waals surface area contributed by atoms with Crippen molar-refractivity contribution in [1.82, 2.24) is 9.80 Å². The maximum atomic E-state index is 5.48. The molecule has 3 N–H and O–H groups in total. The Morgan fingerprint density at radius 2 is 2.25 bits per heavy atom. The van der Waals surface area contributed by atoms with Crippen LogP contribution in [0.3, 0.4) is 0 Å². The summed E-state index contributed by atoms with van der Waals surface area (Å²) in [5.41, 5.74) is 2.94. The molecule has 4 heteroatoms. The van der Waals surface area contributed by atoms with E-state index in [1.165, 1.54) is 16.4 Å². The lowest BCUT2D eigenvalue weighted by Gasteiger charge is -2.28. The van der Waals surface area contributed by atoms with Gasteiger partial charge >= 0.3 is 0 Å². The van der Waals surface area contributed by atoms with E-state index in [4.69, 9.17) is 5.84 Å². The highest BCUT2D eigenvalue weighted by Crippen LogP contribution is 2.33. The topological polar surface area (TPSA) is 50.9 Å². The third kappa shape index (κ3) is 2.03. The van der Waals surface area contributed by atoms with Gasteiger partial charge in [-0.1, -0.05) is 20.8 Å². The Labute approximate surface area is 77.1 Å². The van der Waals surface area contributed by atoms with Crippen molar-refractivity contribution < 1.29 is 0 Å². The number of hydrazine groups is 1. The van der Waals surface area contributed by atoms with Crippen molar-refractivity contribution in [2.24, 2.45) is 11.3 Å². The summed E-state index contributed by atoms with van der Waals surface area (Å²) in [6.45, 7) is 6.45. The minimum atomic E-state index is 0.126. The van der Waals surface area contributed by atoms with Crippen molar-refractivity contribution in [1.29, 1.82) is 0 Å². The molecule has 1 heterocycles. The molecule has 12 heavy (non-hydrogen) atoms. The molecule has 0 fully saturated rings. The lowest BCUT2D eigenvalue weighted by Crippen LogP contribution is -2.36. The monoisotopic (exact) mass is 185 g/mol. The minimum absolute atomic E-state index is 0.126. The van der Waals surface area contributed by atoms with Crippen LogP contribution in [-0.2, 0) is 0 Å². The van der Waals surface area contributed by atoms with Crippen molar-refractivity contribution in [2.75, 3.05) is 0 Å². The largest absolute Gasteiger partial charge is 0.271 e. The Morgan fingerprint density at radius 3 is 2.58 bits per heavy atom. The number of aromatic nitrogens is 1. The number of nitrogens with two attached hydrogens (primary N) is 1. The second kappa shape index (κ2) is 3.51. The van der Waals surface area contributed by atoms with E-state index < -0.39 is 0 Å². The Hall–Kier alpha value is -0.450.